The summed E-state index contributed by atoms with van der Waals surface area (Å²) in [5, 5.41) is 11.7. The Morgan fingerprint density at radius 2 is 2.19 bits per heavy atom. The lowest BCUT2D eigenvalue weighted by Crippen LogP contribution is -2.26. The van der Waals surface area contributed by atoms with E-state index >= 15 is 0 Å². The molecule has 1 aromatic rings. The Labute approximate surface area is 94.9 Å². The molecular formula is C12H16N2O2. The lowest BCUT2D eigenvalue weighted by Gasteiger charge is -2.23. The molecule has 0 radical (unpaired) electrons. The molecule has 1 amide bonds. The molecule has 0 fully saturated rings. The molecule has 1 aliphatic rings. The monoisotopic (exact) mass is 220 g/mol. The zero-order valence-corrected chi connectivity index (χ0v) is 9.15. The fourth-order valence-electron chi connectivity index (χ4n) is 1.92. The number of anilines is 2. The largest absolute Gasteiger partial charge is 0.396 e. The van der Waals surface area contributed by atoms with Crippen molar-refractivity contribution in [3.63, 3.8) is 0 Å². The molecule has 0 saturated carbocycles. The van der Waals surface area contributed by atoms with Gasteiger partial charge < -0.3 is 15.3 Å². The highest BCUT2D eigenvalue weighted by Crippen LogP contribution is 2.28. The minimum absolute atomic E-state index is 0.0546. The highest BCUT2D eigenvalue weighted by atomic mass is 16.3. The summed E-state index contributed by atoms with van der Waals surface area (Å²) in [4.78, 5) is 13.6. The van der Waals surface area contributed by atoms with E-state index < -0.39 is 0 Å². The minimum atomic E-state index is 0.0546. The molecule has 1 aromatic carbocycles. The summed E-state index contributed by atoms with van der Waals surface area (Å²) in [5.74, 6) is 0.0546. The van der Waals surface area contributed by atoms with Gasteiger partial charge in [0, 0.05) is 26.1 Å². The molecule has 4 heteroatoms. The molecular weight excluding hydrogens is 204 g/mol. The fraction of sp³-hybridized carbons (Fsp3) is 0.417. The third-order valence-electron chi connectivity index (χ3n) is 2.71. The van der Waals surface area contributed by atoms with Gasteiger partial charge in [0.1, 0.15) is 0 Å². The smallest absolute Gasteiger partial charge is 0.226 e. The van der Waals surface area contributed by atoms with Crippen LogP contribution in [0.1, 0.15) is 12.8 Å². The second kappa shape index (κ2) is 4.99. The molecule has 0 spiro atoms. The third kappa shape index (κ3) is 2.33. The Balaban J connectivity index is 2.23. The summed E-state index contributed by atoms with van der Waals surface area (Å²) in [5.41, 5.74) is 1.91. The number of aliphatic hydroxyl groups is 1. The molecule has 0 unspecified atom stereocenters. The van der Waals surface area contributed by atoms with Crippen LogP contribution < -0.4 is 10.2 Å². The van der Waals surface area contributed by atoms with E-state index in [0.717, 1.165) is 24.3 Å². The van der Waals surface area contributed by atoms with Crippen LogP contribution in [0.2, 0.25) is 0 Å². The van der Waals surface area contributed by atoms with Crippen LogP contribution in [0.15, 0.2) is 24.3 Å². The number of hydrogen-bond acceptors (Lipinski definition) is 3. The van der Waals surface area contributed by atoms with Crippen LogP contribution in [0.25, 0.3) is 0 Å². The summed E-state index contributed by atoms with van der Waals surface area (Å²) in [7, 11) is 0. The van der Waals surface area contributed by atoms with E-state index in [0.29, 0.717) is 13.0 Å². The van der Waals surface area contributed by atoms with Crippen molar-refractivity contribution in [1.82, 2.24) is 0 Å². The van der Waals surface area contributed by atoms with E-state index in [1.54, 1.807) is 0 Å². The number of nitrogens with one attached hydrogen (secondary N) is 1. The highest BCUT2D eigenvalue weighted by molar-refractivity contribution is 5.96. The van der Waals surface area contributed by atoms with E-state index in [2.05, 4.69) is 10.2 Å². The number of carbonyl (C=O) groups is 1. The summed E-state index contributed by atoms with van der Waals surface area (Å²) < 4.78 is 0. The van der Waals surface area contributed by atoms with Gasteiger partial charge in [0.25, 0.3) is 0 Å². The number of hydrogen-bond donors (Lipinski definition) is 2. The Bertz CT molecular complexity index is 379. The Hall–Kier alpha value is -1.55. The zero-order chi connectivity index (χ0) is 11.4. The molecule has 0 saturated heterocycles. The van der Waals surface area contributed by atoms with Crippen molar-refractivity contribution in [3.05, 3.63) is 24.3 Å². The summed E-state index contributed by atoms with van der Waals surface area (Å²) in [6.07, 6.45) is 1.22. The fourth-order valence-corrected chi connectivity index (χ4v) is 1.92. The first kappa shape index (κ1) is 11.0. The van der Waals surface area contributed by atoms with E-state index in [1.807, 2.05) is 24.3 Å². The SMILES string of the molecule is O=C1CCN(CCCO)c2ccccc2N1. The molecule has 1 aliphatic heterocycles. The number of fused-ring (bicyclic) bond motifs is 1. The van der Waals surface area contributed by atoms with Gasteiger partial charge in [-0.05, 0) is 18.6 Å². The molecule has 0 bridgehead atoms. The minimum Gasteiger partial charge on any atom is -0.396 e. The van der Waals surface area contributed by atoms with Crippen molar-refractivity contribution in [3.8, 4) is 0 Å². The maximum Gasteiger partial charge on any atom is 0.226 e. The first-order valence-corrected chi connectivity index (χ1v) is 5.56. The van der Waals surface area contributed by atoms with Crippen molar-refractivity contribution >= 4 is 17.3 Å². The summed E-state index contributed by atoms with van der Waals surface area (Å²) >= 11 is 0. The maximum absolute atomic E-state index is 11.5. The molecule has 0 aliphatic carbocycles. The van der Waals surface area contributed by atoms with Crippen molar-refractivity contribution in [1.29, 1.82) is 0 Å². The molecule has 0 aromatic heterocycles. The summed E-state index contributed by atoms with van der Waals surface area (Å²) in [6, 6.07) is 7.78. The van der Waals surface area contributed by atoms with Crippen LogP contribution >= 0.6 is 0 Å². The number of rotatable bonds is 3. The molecule has 0 atom stereocenters. The first-order chi connectivity index (χ1) is 7.81. The highest BCUT2D eigenvalue weighted by Gasteiger charge is 2.17. The van der Waals surface area contributed by atoms with Crippen LogP contribution in [0.3, 0.4) is 0 Å². The van der Waals surface area contributed by atoms with Crippen LogP contribution in [0, 0.1) is 0 Å². The van der Waals surface area contributed by atoms with Crippen LogP contribution in [0.4, 0.5) is 11.4 Å². The first-order valence-electron chi connectivity index (χ1n) is 5.56. The average molecular weight is 220 g/mol. The van der Waals surface area contributed by atoms with Gasteiger partial charge >= 0.3 is 0 Å². The van der Waals surface area contributed by atoms with Crippen molar-refractivity contribution in [2.24, 2.45) is 0 Å². The molecule has 4 nitrogen and oxygen atoms in total. The quantitative estimate of drug-likeness (QED) is 0.805. The van der Waals surface area contributed by atoms with Gasteiger partial charge in [0.15, 0.2) is 0 Å². The molecule has 2 rings (SSSR count). The van der Waals surface area contributed by atoms with E-state index in [4.69, 9.17) is 5.11 Å². The lowest BCUT2D eigenvalue weighted by molar-refractivity contribution is -0.115. The number of carbonyl (C=O) groups excluding carboxylic acids is 1. The lowest BCUT2D eigenvalue weighted by atomic mass is 10.2. The normalized spacial score (nSPS) is 15.3. The van der Waals surface area contributed by atoms with Gasteiger partial charge in [-0.2, -0.15) is 0 Å². The van der Waals surface area contributed by atoms with Crippen LogP contribution in [0.5, 0.6) is 0 Å². The van der Waals surface area contributed by atoms with Crippen molar-refractivity contribution < 1.29 is 9.90 Å². The van der Waals surface area contributed by atoms with E-state index in [1.165, 1.54) is 0 Å². The zero-order valence-electron chi connectivity index (χ0n) is 9.15. The average Bonchev–Trinajstić information content (AvgIpc) is 2.45. The second-order valence-electron chi connectivity index (χ2n) is 3.88. The van der Waals surface area contributed by atoms with Gasteiger partial charge in [0.05, 0.1) is 11.4 Å². The van der Waals surface area contributed by atoms with Gasteiger partial charge in [-0.1, -0.05) is 12.1 Å². The predicted molar refractivity (Wildman–Crippen MR) is 63.6 cm³/mol. The number of para-hydroxylation sites is 2. The van der Waals surface area contributed by atoms with Crippen molar-refractivity contribution in [2.45, 2.75) is 12.8 Å². The topological polar surface area (TPSA) is 52.6 Å². The van der Waals surface area contributed by atoms with E-state index in [-0.39, 0.29) is 12.5 Å². The van der Waals surface area contributed by atoms with Gasteiger partial charge in [-0.25, -0.2) is 0 Å². The number of benzene rings is 1. The Morgan fingerprint density at radius 3 is 3.00 bits per heavy atom. The van der Waals surface area contributed by atoms with Gasteiger partial charge in [-0.15, -0.1) is 0 Å². The number of aliphatic hydroxyl groups excluding tert-OH is 1. The van der Waals surface area contributed by atoms with Crippen molar-refractivity contribution in [2.75, 3.05) is 29.9 Å². The van der Waals surface area contributed by atoms with Crippen LogP contribution in [-0.2, 0) is 4.79 Å². The number of amides is 1. The molecule has 16 heavy (non-hydrogen) atoms. The molecule has 2 N–H and O–H groups in total. The third-order valence-corrected chi connectivity index (χ3v) is 2.71. The predicted octanol–water partition coefficient (Wildman–Crippen LogP) is 1.22. The van der Waals surface area contributed by atoms with Crippen LogP contribution in [-0.4, -0.2) is 30.7 Å². The molecule has 1 heterocycles. The summed E-state index contributed by atoms with van der Waals surface area (Å²) in [6.45, 7) is 1.67. The number of nitrogens with zero attached hydrogens (tertiary/aromatic N) is 1. The Morgan fingerprint density at radius 1 is 1.38 bits per heavy atom. The van der Waals surface area contributed by atoms with E-state index in [9.17, 15) is 4.79 Å². The van der Waals surface area contributed by atoms with Gasteiger partial charge in [-0.3, -0.25) is 4.79 Å². The second-order valence-corrected chi connectivity index (χ2v) is 3.88. The van der Waals surface area contributed by atoms with Gasteiger partial charge in [0.2, 0.25) is 5.91 Å². The Kier molecular flexibility index (Phi) is 3.41. The maximum atomic E-state index is 11.5. The molecule has 86 valence electrons. The standard InChI is InChI=1S/C12H16N2O2/c15-9-3-7-14-8-6-12(16)13-10-4-1-2-5-11(10)14/h1-2,4-5,15H,3,6-9H2,(H,13,16).